The number of rotatable bonds is 4. The number of benzene rings is 1. The van der Waals surface area contributed by atoms with Gasteiger partial charge in [0, 0.05) is 21.1 Å². The average molecular weight is 297 g/mol. The van der Waals surface area contributed by atoms with Gasteiger partial charge in [-0.15, -0.1) is 0 Å². The Bertz CT molecular complexity index is 619. The predicted molar refractivity (Wildman–Crippen MR) is 78.4 cm³/mol. The van der Waals surface area contributed by atoms with E-state index in [1.54, 1.807) is 38.2 Å². The van der Waals surface area contributed by atoms with Gasteiger partial charge in [-0.25, -0.2) is 4.39 Å². The third-order valence-corrected chi connectivity index (χ3v) is 2.74. The van der Waals surface area contributed by atoms with E-state index in [4.69, 9.17) is 11.6 Å². The lowest BCUT2D eigenvalue weighted by Crippen LogP contribution is -2.15. The van der Waals surface area contributed by atoms with E-state index >= 15 is 0 Å². The van der Waals surface area contributed by atoms with Crippen molar-refractivity contribution in [2.24, 2.45) is 0 Å². The summed E-state index contributed by atoms with van der Waals surface area (Å²) in [6.07, 6.45) is 0. The Morgan fingerprint density at radius 1 is 1.15 bits per heavy atom. The fraction of sp³-hybridized carbons (Fsp3) is 0.250. The van der Waals surface area contributed by atoms with Crippen LogP contribution in [0.15, 0.2) is 18.2 Å². The van der Waals surface area contributed by atoms with Gasteiger partial charge >= 0.3 is 0 Å². The maximum atomic E-state index is 13.8. The van der Waals surface area contributed by atoms with Gasteiger partial charge in [-0.2, -0.15) is 15.0 Å². The van der Waals surface area contributed by atoms with E-state index in [9.17, 15) is 4.39 Å². The van der Waals surface area contributed by atoms with Crippen molar-refractivity contribution < 1.29 is 4.39 Å². The molecule has 20 heavy (non-hydrogen) atoms. The van der Waals surface area contributed by atoms with Crippen molar-refractivity contribution in [2.45, 2.75) is 0 Å². The molecule has 2 aromatic rings. The summed E-state index contributed by atoms with van der Waals surface area (Å²) in [5.41, 5.74) is 0.204. The highest BCUT2D eigenvalue weighted by molar-refractivity contribution is 6.31. The summed E-state index contributed by atoms with van der Waals surface area (Å²) in [6.45, 7) is 0. The summed E-state index contributed by atoms with van der Waals surface area (Å²) in [4.78, 5) is 14.2. The first-order valence-corrected chi connectivity index (χ1v) is 6.21. The Morgan fingerprint density at radius 2 is 1.85 bits per heavy atom. The third-order valence-electron chi connectivity index (χ3n) is 2.45. The molecule has 8 heteroatoms. The van der Waals surface area contributed by atoms with Gasteiger partial charge in [0.1, 0.15) is 0 Å². The van der Waals surface area contributed by atoms with Crippen LogP contribution in [0.4, 0.5) is 27.9 Å². The third kappa shape index (κ3) is 3.05. The minimum absolute atomic E-state index is 0.0331. The number of aromatic nitrogens is 3. The van der Waals surface area contributed by atoms with Gasteiger partial charge in [0.25, 0.3) is 0 Å². The topological polar surface area (TPSA) is 66.0 Å². The molecule has 0 unspecified atom stereocenters. The molecule has 0 aliphatic carbocycles. The van der Waals surface area contributed by atoms with Crippen LogP contribution in [0.1, 0.15) is 0 Å². The first kappa shape index (κ1) is 14.3. The molecule has 0 aliphatic rings. The van der Waals surface area contributed by atoms with Gasteiger partial charge < -0.3 is 15.5 Å². The highest BCUT2D eigenvalue weighted by atomic mass is 35.5. The fourth-order valence-corrected chi connectivity index (χ4v) is 1.63. The molecular formula is C12H14ClFN6. The van der Waals surface area contributed by atoms with E-state index in [0.29, 0.717) is 11.9 Å². The lowest BCUT2D eigenvalue weighted by atomic mass is 10.3. The first-order chi connectivity index (χ1) is 9.51. The van der Waals surface area contributed by atoms with E-state index in [-0.39, 0.29) is 16.7 Å². The molecular weight excluding hydrogens is 283 g/mol. The average Bonchev–Trinajstić information content (AvgIpc) is 2.43. The molecule has 0 saturated carbocycles. The monoisotopic (exact) mass is 296 g/mol. The van der Waals surface area contributed by atoms with Crippen molar-refractivity contribution in [3.8, 4) is 0 Å². The number of hydrogen-bond donors (Lipinski definition) is 2. The Labute approximate surface area is 121 Å². The van der Waals surface area contributed by atoms with Crippen LogP contribution in [0.5, 0.6) is 0 Å². The number of nitrogens with one attached hydrogen (secondary N) is 2. The minimum atomic E-state index is -0.549. The highest BCUT2D eigenvalue weighted by Gasteiger charge is 2.11. The van der Waals surface area contributed by atoms with Crippen LogP contribution in [0.3, 0.4) is 0 Å². The molecule has 2 rings (SSSR count). The Kier molecular flexibility index (Phi) is 4.19. The van der Waals surface area contributed by atoms with Gasteiger partial charge in [-0.3, -0.25) is 0 Å². The van der Waals surface area contributed by atoms with Crippen molar-refractivity contribution >= 4 is 35.1 Å². The van der Waals surface area contributed by atoms with Gasteiger partial charge in [-0.05, 0) is 12.1 Å². The maximum Gasteiger partial charge on any atom is 0.233 e. The summed E-state index contributed by atoms with van der Waals surface area (Å²) >= 11 is 5.73. The maximum absolute atomic E-state index is 13.8. The van der Waals surface area contributed by atoms with Crippen molar-refractivity contribution in [2.75, 3.05) is 36.7 Å². The van der Waals surface area contributed by atoms with Gasteiger partial charge in [-0.1, -0.05) is 17.7 Å². The molecule has 1 aromatic heterocycles. The van der Waals surface area contributed by atoms with E-state index in [1.807, 2.05) is 0 Å². The van der Waals surface area contributed by atoms with Crippen molar-refractivity contribution in [3.05, 3.63) is 29.0 Å². The Hall–Kier alpha value is -2.15. The highest BCUT2D eigenvalue weighted by Crippen LogP contribution is 2.24. The summed E-state index contributed by atoms with van der Waals surface area (Å²) in [7, 11) is 5.30. The SMILES string of the molecule is CNc1nc(Nc2cccc(Cl)c2F)nc(N(C)C)n1. The van der Waals surface area contributed by atoms with Crippen molar-refractivity contribution in [1.29, 1.82) is 0 Å². The zero-order chi connectivity index (χ0) is 14.7. The zero-order valence-corrected chi connectivity index (χ0v) is 12.0. The smallest absolute Gasteiger partial charge is 0.233 e. The molecule has 0 atom stereocenters. The Balaban J connectivity index is 2.37. The molecule has 0 bridgehead atoms. The summed E-state index contributed by atoms with van der Waals surface area (Å²) in [5, 5.41) is 5.65. The fourth-order valence-electron chi connectivity index (χ4n) is 1.45. The Morgan fingerprint density at radius 3 is 2.50 bits per heavy atom. The number of anilines is 4. The van der Waals surface area contributed by atoms with E-state index in [1.165, 1.54) is 6.07 Å². The second kappa shape index (κ2) is 5.87. The predicted octanol–water partition coefficient (Wildman–Crippen LogP) is 2.52. The largest absolute Gasteiger partial charge is 0.357 e. The summed E-state index contributed by atoms with van der Waals surface area (Å²) < 4.78 is 13.8. The lowest BCUT2D eigenvalue weighted by molar-refractivity contribution is 0.632. The van der Waals surface area contributed by atoms with Crippen LogP contribution in [-0.4, -0.2) is 36.1 Å². The second-order valence-corrected chi connectivity index (χ2v) is 4.56. The van der Waals surface area contributed by atoms with Crippen LogP contribution in [0, 0.1) is 5.82 Å². The van der Waals surface area contributed by atoms with Crippen molar-refractivity contribution in [3.63, 3.8) is 0 Å². The molecule has 1 aromatic carbocycles. The van der Waals surface area contributed by atoms with Crippen LogP contribution >= 0.6 is 11.6 Å². The summed E-state index contributed by atoms with van der Waals surface area (Å²) in [5.74, 6) is 0.518. The molecule has 0 aliphatic heterocycles. The van der Waals surface area contributed by atoms with Gasteiger partial charge in [0.05, 0.1) is 10.7 Å². The van der Waals surface area contributed by atoms with Crippen molar-refractivity contribution in [1.82, 2.24) is 15.0 Å². The zero-order valence-electron chi connectivity index (χ0n) is 11.3. The van der Waals surface area contributed by atoms with E-state index < -0.39 is 5.82 Å². The molecule has 0 radical (unpaired) electrons. The number of nitrogens with zero attached hydrogens (tertiary/aromatic N) is 4. The summed E-state index contributed by atoms with van der Waals surface area (Å²) in [6, 6.07) is 4.67. The normalized spacial score (nSPS) is 10.2. The van der Waals surface area contributed by atoms with Gasteiger partial charge in [0.2, 0.25) is 17.8 Å². The van der Waals surface area contributed by atoms with Crippen LogP contribution in [0.2, 0.25) is 5.02 Å². The van der Waals surface area contributed by atoms with E-state index in [0.717, 1.165) is 0 Å². The van der Waals surface area contributed by atoms with E-state index in [2.05, 4.69) is 25.6 Å². The number of hydrogen-bond acceptors (Lipinski definition) is 6. The molecule has 0 amide bonds. The lowest BCUT2D eigenvalue weighted by Gasteiger charge is -2.13. The standard InChI is InChI=1S/C12H14ClFN6/c1-15-10-17-11(19-12(18-10)20(2)3)16-8-6-4-5-7(13)9(8)14/h4-6H,1-3H3,(H2,15,16,17,18,19). The number of halogens is 2. The van der Waals surface area contributed by atoms with Crippen LogP contribution in [0.25, 0.3) is 0 Å². The molecule has 0 spiro atoms. The molecule has 106 valence electrons. The first-order valence-electron chi connectivity index (χ1n) is 5.83. The second-order valence-electron chi connectivity index (χ2n) is 4.15. The quantitative estimate of drug-likeness (QED) is 0.904. The van der Waals surface area contributed by atoms with Crippen LogP contribution in [-0.2, 0) is 0 Å². The minimum Gasteiger partial charge on any atom is -0.357 e. The molecule has 6 nitrogen and oxygen atoms in total. The molecule has 0 saturated heterocycles. The van der Waals surface area contributed by atoms with Crippen LogP contribution < -0.4 is 15.5 Å². The van der Waals surface area contributed by atoms with Gasteiger partial charge in [0.15, 0.2) is 5.82 Å². The molecule has 2 N–H and O–H groups in total. The molecule has 0 fully saturated rings. The molecule has 1 heterocycles.